The van der Waals surface area contributed by atoms with Crippen LogP contribution in [0, 0.1) is 0 Å². The van der Waals surface area contributed by atoms with Crippen LogP contribution in [0.5, 0.6) is 5.88 Å². The van der Waals surface area contributed by atoms with Gasteiger partial charge in [-0.1, -0.05) is 0 Å². The van der Waals surface area contributed by atoms with Crippen molar-refractivity contribution in [2.45, 2.75) is 0 Å². The monoisotopic (exact) mass is 250 g/mol. The summed E-state index contributed by atoms with van der Waals surface area (Å²) in [6.45, 7) is 0. The lowest BCUT2D eigenvalue weighted by Gasteiger charge is -2.04. The molecule has 1 aromatic heterocycles. The molecule has 0 N–H and O–H groups in total. The molecule has 1 rings (SSSR count). The molecule has 0 aliphatic heterocycles. The van der Waals surface area contributed by atoms with Crippen molar-refractivity contribution in [2.75, 3.05) is 0 Å². The van der Waals surface area contributed by atoms with Crippen LogP contribution in [0.3, 0.4) is 0 Å². The van der Waals surface area contributed by atoms with Gasteiger partial charge >= 0.3 is 0 Å². The van der Waals surface area contributed by atoms with Crippen molar-refractivity contribution in [1.29, 1.82) is 0 Å². The molecule has 0 saturated carbocycles. The highest BCUT2D eigenvalue weighted by Gasteiger charge is 1.89. The second-order valence-electron chi connectivity index (χ2n) is 1.44. The van der Waals surface area contributed by atoms with E-state index in [1.54, 1.807) is 6.07 Å². The topological polar surface area (TPSA) is 36.0 Å². The van der Waals surface area contributed by atoms with Crippen molar-refractivity contribution in [3.63, 3.8) is 0 Å². The van der Waals surface area contributed by atoms with Crippen LogP contribution in [0.25, 0.3) is 0 Å². The largest absolute Gasteiger partial charge is 0.858 e. The zero-order valence-electron chi connectivity index (χ0n) is 4.27. The molecule has 2 nitrogen and oxygen atoms in total. The molecule has 1 heterocycles. The van der Waals surface area contributed by atoms with E-state index in [2.05, 4.69) is 36.8 Å². The lowest BCUT2D eigenvalue weighted by molar-refractivity contribution is -0.276. The standard InChI is InChI=1S/C5H3Br2NO/c6-3-1-4(7)5(9)8-2-3/h1-2H,(H,8,9)/p-1. The minimum Gasteiger partial charge on any atom is -0.858 e. The van der Waals surface area contributed by atoms with E-state index in [0.29, 0.717) is 4.47 Å². The molecule has 48 valence electrons. The number of hydrogen-bond acceptors (Lipinski definition) is 2. The number of halogens is 2. The summed E-state index contributed by atoms with van der Waals surface area (Å²) >= 11 is 6.21. The number of aromatic nitrogens is 1. The van der Waals surface area contributed by atoms with Gasteiger partial charge in [0.25, 0.3) is 0 Å². The second-order valence-corrected chi connectivity index (χ2v) is 3.21. The van der Waals surface area contributed by atoms with Gasteiger partial charge in [-0.25, -0.2) is 0 Å². The van der Waals surface area contributed by atoms with Gasteiger partial charge in [-0.3, -0.25) is 4.98 Å². The Morgan fingerprint density at radius 1 is 1.44 bits per heavy atom. The molecule has 1 aromatic rings. The Balaban J connectivity index is 3.17. The van der Waals surface area contributed by atoms with Gasteiger partial charge in [0.05, 0.1) is 0 Å². The third-order valence-electron chi connectivity index (χ3n) is 0.774. The van der Waals surface area contributed by atoms with Crippen LogP contribution in [-0.4, -0.2) is 4.98 Å². The summed E-state index contributed by atoms with van der Waals surface area (Å²) in [6.07, 6.45) is 1.47. The van der Waals surface area contributed by atoms with Crippen molar-refractivity contribution < 1.29 is 5.11 Å². The minimum absolute atomic E-state index is 0.238. The van der Waals surface area contributed by atoms with Gasteiger partial charge in [-0.15, -0.1) is 0 Å². The first-order valence-corrected chi connectivity index (χ1v) is 3.77. The van der Waals surface area contributed by atoms with E-state index >= 15 is 0 Å². The van der Waals surface area contributed by atoms with Crippen LogP contribution in [0.15, 0.2) is 21.2 Å². The summed E-state index contributed by atoms with van der Waals surface area (Å²) in [7, 11) is 0. The molecule has 0 bridgehead atoms. The highest BCUT2D eigenvalue weighted by atomic mass is 79.9. The maximum atomic E-state index is 10.6. The lowest BCUT2D eigenvalue weighted by Crippen LogP contribution is -1.93. The van der Waals surface area contributed by atoms with Crippen molar-refractivity contribution in [3.05, 3.63) is 21.2 Å². The predicted molar refractivity (Wildman–Crippen MR) is 39.1 cm³/mol. The Kier molecular flexibility index (Phi) is 2.08. The number of nitrogens with zero attached hydrogens (tertiary/aromatic N) is 1. The SMILES string of the molecule is [O-]c1ncc(Br)cc1Br. The summed E-state index contributed by atoms with van der Waals surface area (Å²) in [5, 5.41) is 10.6. The highest BCUT2D eigenvalue weighted by molar-refractivity contribution is 9.11. The Morgan fingerprint density at radius 3 is 2.56 bits per heavy atom. The zero-order chi connectivity index (χ0) is 6.85. The van der Waals surface area contributed by atoms with Gasteiger partial charge in [-0.2, -0.15) is 0 Å². The van der Waals surface area contributed by atoms with Crippen LogP contribution in [0.1, 0.15) is 0 Å². The van der Waals surface area contributed by atoms with Crippen LogP contribution in [0.4, 0.5) is 0 Å². The van der Waals surface area contributed by atoms with E-state index in [-0.39, 0.29) is 5.88 Å². The second kappa shape index (κ2) is 2.66. The van der Waals surface area contributed by atoms with Crippen LogP contribution >= 0.6 is 31.9 Å². The van der Waals surface area contributed by atoms with Gasteiger partial charge in [0.15, 0.2) is 0 Å². The fourth-order valence-electron chi connectivity index (χ4n) is 0.402. The molecule has 0 atom stereocenters. The van der Waals surface area contributed by atoms with Crippen LogP contribution in [-0.2, 0) is 0 Å². The van der Waals surface area contributed by atoms with E-state index in [1.807, 2.05) is 0 Å². The number of pyridine rings is 1. The quantitative estimate of drug-likeness (QED) is 0.704. The van der Waals surface area contributed by atoms with Crippen molar-refractivity contribution >= 4 is 31.9 Å². The molecular formula is C5H2Br2NO-. The van der Waals surface area contributed by atoms with Crippen molar-refractivity contribution in [1.82, 2.24) is 4.98 Å². The minimum atomic E-state index is -0.238. The van der Waals surface area contributed by atoms with Crippen molar-refractivity contribution in [3.8, 4) is 5.88 Å². The first-order valence-electron chi connectivity index (χ1n) is 2.18. The van der Waals surface area contributed by atoms with E-state index < -0.39 is 0 Å². The first kappa shape index (κ1) is 7.02. The van der Waals surface area contributed by atoms with Gasteiger partial charge < -0.3 is 5.11 Å². The Hall–Kier alpha value is -0.0900. The molecule has 0 amide bonds. The molecule has 0 spiro atoms. The highest BCUT2D eigenvalue weighted by Crippen LogP contribution is 2.21. The molecule has 0 aliphatic carbocycles. The molecule has 0 radical (unpaired) electrons. The van der Waals surface area contributed by atoms with Gasteiger partial charge in [0.2, 0.25) is 0 Å². The predicted octanol–water partition coefficient (Wildman–Crippen LogP) is 1.68. The lowest BCUT2D eigenvalue weighted by atomic mass is 10.5. The van der Waals surface area contributed by atoms with Gasteiger partial charge in [-0.05, 0) is 37.9 Å². The summed E-state index contributed by atoms with van der Waals surface area (Å²) in [6, 6.07) is 1.66. The Bertz CT molecular complexity index is 226. The normalized spacial score (nSPS) is 9.56. The van der Waals surface area contributed by atoms with Crippen molar-refractivity contribution in [2.24, 2.45) is 0 Å². The Morgan fingerprint density at radius 2 is 2.11 bits per heavy atom. The summed E-state index contributed by atoms with van der Waals surface area (Å²) < 4.78 is 1.28. The third-order valence-corrected chi connectivity index (χ3v) is 1.78. The molecule has 0 aromatic carbocycles. The average molecular weight is 252 g/mol. The summed E-state index contributed by atoms with van der Waals surface area (Å²) in [5.74, 6) is -0.238. The summed E-state index contributed by atoms with van der Waals surface area (Å²) in [4.78, 5) is 3.53. The molecule has 4 heteroatoms. The Labute approximate surface area is 69.2 Å². The zero-order valence-corrected chi connectivity index (χ0v) is 7.44. The summed E-state index contributed by atoms with van der Waals surface area (Å²) in [5.41, 5.74) is 0. The van der Waals surface area contributed by atoms with Crippen LogP contribution in [0.2, 0.25) is 0 Å². The molecule has 0 saturated heterocycles. The molecule has 0 aliphatic rings. The number of hydrogen-bond donors (Lipinski definition) is 0. The third kappa shape index (κ3) is 1.66. The van der Waals surface area contributed by atoms with Gasteiger partial charge in [0, 0.05) is 21.0 Å². The average Bonchev–Trinajstić information content (AvgIpc) is 1.80. The first-order chi connectivity index (χ1) is 4.20. The molecule has 0 fully saturated rings. The molecular weight excluding hydrogens is 250 g/mol. The fourth-order valence-corrected chi connectivity index (χ4v) is 1.39. The molecule has 0 unspecified atom stereocenters. The fraction of sp³-hybridized carbons (Fsp3) is 0. The van der Waals surface area contributed by atoms with E-state index in [1.165, 1.54) is 6.20 Å². The maximum Gasteiger partial charge on any atom is 0.0403 e. The molecule has 9 heavy (non-hydrogen) atoms. The van der Waals surface area contributed by atoms with E-state index in [4.69, 9.17) is 0 Å². The van der Waals surface area contributed by atoms with Crippen LogP contribution < -0.4 is 5.11 Å². The van der Waals surface area contributed by atoms with Gasteiger partial charge in [0.1, 0.15) is 0 Å². The smallest absolute Gasteiger partial charge is 0.0403 e. The number of rotatable bonds is 0. The van der Waals surface area contributed by atoms with E-state index in [9.17, 15) is 5.11 Å². The maximum absolute atomic E-state index is 10.6. The van der Waals surface area contributed by atoms with E-state index in [0.717, 1.165) is 4.47 Å².